The highest BCUT2D eigenvalue weighted by Crippen LogP contribution is 2.25. The van der Waals surface area contributed by atoms with Gasteiger partial charge in [0.05, 0.1) is 28.0 Å². The molecule has 2 aromatic heterocycles. The standard InChI is InChI=1S/C19H12ClN3O3/c20-12-9-22-23(11-12)14-7-5-13(6-8-14)21-10-16-18(24)15-3-1-2-4-17(15)26-19(16)25/h1-11,24H. The largest absolute Gasteiger partial charge is 0.506 e. The van der Waals surface area contributed by atoms with Crippen LogP contribution in [0.25, 0.3) is 16.7 Å². The lowest BCUT2D eigenvalue weighted by Gasteiger charge is -2.03. The number of hydrogen-bond acceptors (Lipinski definition) is 5. The monoisotopic (exact) mass is 365 g/mol. The number of aromatic nitrogens is 2. The first-order valence-corrected chi connectivity index (χ1v) is 8.09. The summed E-state index contributed by atoms with van der Waals surface area (Å²) in [5, 5.41) is 15.5. The Kier molecular flexibility index (Phi) is 4.02. The third kappa shape index (κ3) is 2.98. The second-order valence-corrected chi connectivity index (χ2v) is 5.96. The van der Waals surface area contributed by atoms with Crippen molar-refractivity contribution in [1.29, 1.82) is 0 Å². The summed E-state index contributed by atoms with van der Waals surface area (Å²) in [5.41, 5.74) is 1.12. The lowest BCUT2D eigenvalue weighted by Crippen LogP contribution is -2.06. The second-order valence-electron chi connectivity index (χ2n) is 5.53. The molecule has 0 atom stereocenters. The fourth-order valence-corrected chi connectivity index (χ4v) is 2.67. The minimum Gasteiger partial charge on any atom is -0.506 e. The average Bonchev–Trinajstić information content (AvgIpc) is 3.08. The van der Waals surface area contributed by atoms with E-state index >= 15 is 0 Å². The molecule has 6 nitrogen and oxygen atoms in total. The Labute approximate surface area is 152 Å². The number of rotatable bonds is 3. The van der Waals surface area contributed by atoms with Gasteiger partial charge < -0.3 is 9.52 Å². The van der Waals surface area contributed by atoms with Crippen LogP contribution < -0.4 is 5.63 Å². The molecule has 0 radical (unpaired) electrons. The van der Waals surface area contributed by atoms with Crippen molar-refractivity contribution in [2.75, 3.05) is 0 Å². The highest BCUT2D eigenvalue weighted by Gasteiger charge is 2.11. The van der Waals surface area contributed by atoms with E-state index in [2.05, 4.69) is 10.1 Å². The molecule has 0 aliphatic carbocycles. The predicted octanol–water partition coefficient (Wildman–Crippen LogP) is 4.09. The van der Waals surface area contributed by atoms with Crippen LogP contribution in [0.1, 0.15) is 5.56 Å². The number of hydrogen-bond donors (Lipinski definition) is 1. The summed E-state index contributed by atoms with van der Waals surface area (Å²) in [6, 6.07) is 13.9. The van der Waals surface area contributed by atoms with Gasteiger partial charge in [-0.1, -0.05) is 23.7 Å². The highest BCUT2D eigenvalue weighted by molar-refractivity contribution is 6.30. The number of aliphatic imine (C=N–C) groups is 1. The minimum atomic E-state index is -0.646. The van der Waals surface area contributed by atoms with Crippen LogP contribution >= 0.6 is 11.6 Å². The van der Waals surface area contributed by atoms with Crippen LogP contribution in [0.3, 0.4) is 0 Å². The molecule has 1 N–H and O–H groups in total. The smallest absolute Gasteiger partial charge is 0.348 e. The Balaban J connectivity index is 1.66. The molecule has 128 valence electrons. The van der Waals surface area contributed by atoms with E-state index in [1.54, 1.807) is 53.5 Å². The molecule has 26 heavy (non-hydrogen) atoms. The van der Waals surface area contributed by atoms with Crippen LogP contribution in [0.15, 0.2) is 75.1 Å². The van der Waals surface area contributed by atoms with Crippen molar-refractivity contribution < 1.29 is 9.52 Å². The molecule has 4 aromatic rings. The molecule has 2 aromatic carbocycles. The zero-order valence-corrected chi connectivity index (χ0v) is 14.1. The lowest BCUT2D eigenvalue weighted by atomic mass is 10.1. The molecule has 0 aliphatic rings. The summed E-state index contributed by atoms with van der Waals surface area (Å²) in [5.74, 6) is -0.150. The first-order valence-electron chi connectivity index (χ1n) is 7.71. The van der Waals surface area contributed by atoms with Crippen molar-refractivity contribution in [2.45, 2.75) is 0 Å². The third-order valence-electron chi connectivity index (χ3n) is 3.83. The number of fused-ring (bicyclic) bond motifs is 1. The van der Waals surface area contributed by atoms with E-state index in [9.17, 15) is 9.90 Å². The van der Waals surface area contributed by atoms with E-state index in [1.807, 2.05) is 12.1 Å². The molecule has 0 bridgehead atoms. The normalized spacial score (nSPS) is 11.4. The Hall–Kier alpha value is -3.38. The minimum absolute atomic E-state index is 0.00614. The highest BCUT2D eigenvalue weighted by atomic mass is 35.5. The summed E-state index contributed by atoms with van der Waals surface area (Å²) < 4.78 is 6.85. The Morgan fingerprint density at radius 2 is 1.92 bits per heavy atom. The van der Waals surface area contributed by atoms with E-state index in [4.69, 9.17) is 16.0 Å². The van der Waals surface area contributed by atoms with Gasteiger partial charge >= 0.3 is 5.63 Å². The second kappa shape index (κ2) is 6.50. The molecule has 0 unspecified atom stereocenters. The number of para-hydroxylation sites is 1. The van der Waals surface area contributed by atoms with Gasteiger partial charge in [-0.05, 0) is 36.4 Å². The van der Waals surface area contributed by atoms with E-state index in [0.717, 1.165) is 5.69 Å². The maximum absolute atomic E-state index is 12.1. The summed E-state index contributed by atoms with van der Waals surface area (Å²) >= 11 is 5.86. The van der Waals surface area contributed by atoms with Crippen molar-refractivity contribution in [3.63, 3.8) is 0 Å². The van der Waals surface area contributed by atoms with Crippen LogP contribution in [0.4, 0.5) is 5.69 Å². The third-order valence-corrected chi connectivity index (χ3v) is 4.02. The molecule has 0 spiro atoms. The predicted molar refractivity (Wildman–Crippen MR) is 100.0 cm³/mol. The van der Waals surface area contributed by atoms with Crippen molar-refractivity contribution in [2.24, 2.45) is 4.99 Å². The van der Waals surface area contributed by atoms with Crippen LogP contribution in [0.5, 0.6) is 5.75 Å². The van der Waals surface area contributed by atoms with Gasteiger partial charge in [-0.25, -0.2) is 9.48 Å². The van der Waals surface area contributed by atoms with E-state index in [0.29, 0.717) is 21.7 Å². The van der Waals surface area contributed by atoms with Crippen molar-refractivity contribution in [3.05, 3.63) is 81.9 Å². The first kappa shape index (κ1) is 16.1. The van der Waals surface area contributed by atoms with Crippen molar-refractivity contribution in [3.8, 4) is 11.4 Å². The number of halogens is 1. The SMILES string of the molecule is O=c1oc2ccccc2c(O)c1C=Nc1ccc(-n2cc(Cl)cn2)cc1. The van der Waals surface area contributed by atoms with Gasteiger partial charge in [0, 0.05) is 12.4 Å². The molecular weight excluding hydrogens is 354 g/mol. The molecule has 0 aliphatic heterocycles. The number of benzene rings is 2. The van der Waals surface area contributed by atoms with Crippen molar-refractivity contribution >= 4 is 34.5 Å². The summed E-state index contributed by atoms with van der Waals surface area (Å²) in [6.07, 6.45) is 4.54. The zero-order chi connectivity index (χ0) is 18.1. The zero-order valence-electron chi connectivity index (χ0n) is 13.3. The molecule has 0 saturated carbocycles. The molecular formula is C19H12ClN3O3. The lowest BCUT2D eigenvalue weighted by molar-refractivity contribution is 0.466. The molecule has 4 rings (SSSR count). The average molecular weight is 366 g/mol. The van der Waals surface area contributed by atoms with Gasteiger partial charge in [0.1, 0.15) is 16.9 Å². The van der Waals surface area contributed by atoms with Gasteiger partial charge in [0.2, 0.25) is 0 Å². The molecule has 0 saturated heterocycles. The molecule has 0 amide bonds. The Bertz CT molecular complexity index is 1180. The number of nitrogens with zero attached hydrogens (tertiary/aromatic N) is 3. The fraction of sp³-hybridized carbons (Fsp3) is 0. The van der Waals surface area contributed by atoms with E-state index in [-0.39, 0.29) is 11.3 Å². The summed E-state index contributed by atoms with van der Waals surface area (Å²) in [7, 11) is 0. The maximum atomic E-state index is 12.1. The van der Waals surface area contributed by atoms with Crippen LogP contribution in [-0.2, 0) is 0 Å². The van der Waals surface area contributed by atoms with Crippen molar-refractivity contribution in [1.82, 2.24) is 9.78 Å². The van der Waals surface area contributed by atoms with Gasteiger partial charge in [-0.2, -0.15) is 5.10 Å². The van der Waals surface area contributed by atoms with E-state index in [1.165, 1.54) is 6.21 Å². The summed E-state index contributed by atoms with van der Waals surface area (Å²) in [6.45, 7) is 0. The topological polar surface area (TPSA) is 80.6 Å². The quantitative estimate of drug-likeness (QED) is 0.438. The number of aromatic hydroxyl groups is 1. The molecule has 2 heterocycles. The van der Waals surface area contributed by atoms with Gasteiger partial charge in [0.15, 0.2) is 0 Å². The fourth-order valence-electron chi connectivity index (χ4n) is 2.53. The molecule has 0 fully saturated rings. The first-order chi connectivity index (χ1) is 12.6. The van der Waals surface area contributed by atoms with Gasteiger partial charge in [0.25, 0.3) is 0 Å². The Morgan fingerprint density at radius 3 is 2.65 bits per heavy atom. The van der Waals surface area contributed by atoms with Crippen LogP contribution in [0, 0.1) is 0 Å². The van der Waals surface area contributed by atoms with E-state index < -0.39 is 5.63 Å². The maximum Gasteiger partial charge on any atom is 0.348 e. The van der Waals surface area contributed by atoms with Crippen LogP contribution in [-0.4, -0.2) is 21.1 Å². The molecule has 7 heteroatoms. The summed E-state index contributed by atoms with van der Waals surface area (Å²) in [4.78, 5) is 16.3. The van der Waals surface area contributed by atoms with Crippen LogP contribution in [0.2, 0.25) is 5.02 Å². The van der Waals surface area contributed by atoms with Gasteiger partial charge in [-0.3, -0.25) is 4.99 Å². The Morgan fingerprint density at radius 1 is 1.15 bits per heavy atom. The van der Waals surface area contributed by atoms with Gasteiger partial charge in [-0.15, -0.1) is 0 Å².